The lowest BCUT2D eigenvalue weighted by Crippen LogP contribution is -2.00. The van der Waals surface area contributed by atoms with Gasteiger partial charge in [-0.2, -0.15) is 0 Å². The van der Waals surface area contributed by atoms with Crippen molar-refractivity contribution >= 4 is 33.9 Å². The zero-order valence-electron chi connectivity index (χ0n) is 7.16. The molecule has 0 amide bonds. The molecule has 1 aromatic rings. The molecule has 4 nitrogen and oxygen atoms in total. The predicted octanol–water partition coefficient (Wildman–Crippen LogP) is 1.15. The largest absolute Gasteiger partial charge is 0.397 e. The molecule has 0 fully saturated rings. The molecule has 0 atom stereocenters. The van der Waals surface area contributed by atoms with Crippen molar-refractivity contribution in [3.63, 3.8) is 0 Å². The normalized spacial score (nSPS) is 8.85. The Balaban J connectivity index is 0.000000424. The zero-order chi connectivity index (χ0) is 10.3. The van der Waals surface area contributed by atoms with E-state index >= 15 is 0 Å². The van der Waals surface area contributed by atoms with Gasteiger partial charge in [0.2, 0.25) is 0 Å². The Kier molecular flexibility index (Phi) is 6.48. The van der Waals surface area contributed by atoms with Gasteiger partial charge in [0.05, 0.1) is 5.88 Å². The number of ketones is 1. The lowest BCUT2D eigenvalue weighted by Gasteiger charge is -1.84. The van der Waals surface area contributed by atoms with E-state index in [1.54, 1.807) is 12.3 Å². The van der Waals surface area contributed by atoms with Crippen LogP contribution in [0.4, 0.5) is 5.13 Å². The third-order valence-corrected chi connectivity index (χ3v) is 1.85. The summed E-state index contributed by atoms with van der Waals surface area (Å²) in [5.41, 5.74) is 5.64. The molecule has 0 aromatic carbocycles. The number of halogens is 1. The molecule has 1 rings (SSSR count). The molecule has 0 aliphatic carbocycles. The van der Waals surface area contributed by atoms with E-state index in [0.717, 1.165) is 0 Å². The summed E-state index contributed by atoms with van der Waals surface area (Å²) in [6.07, 6.45) is 0. The molecule has 13 heavy (non-hydrogen) atoms. The van der Waals surface area contributed by atoms with E-state index < -0.39 is 0 Å². The highest BCUT2D eigenvalue weighted by atomic mass is 35.5. The number of nitrogens with zero attached hydrogens (tertiary/aromatic N) is 1. The van der Waals surface area contributed by atoms with E-state index in [-0.39, 0.29) is 18.3 Å². The van der Waals surface area contributed by atoms with Gasteiger partial charge in [-0.25, -0.2) is 4.98 Å². The van der Waals surface area contributed by atoms with Gasteiger partial charge in [-0.05, 0) is 6.92 Å². The molecule has 0 aliphatic heterocycles. The van der Waals surface area contributed by atoms with Gasteiger partial charge in [0.25, 0.3) is 0 Å². The molecule has 0 saturated heterocycles. The minimum absolute atomic E-state index is 0.0385. The van der Waals surface area contributed by atoms with Crippen LogP contribution in [0.25, 0.3) is 0 Å². The van der Waals surface area contributed by atoms with E-state index in [2.05, 4.69) is 4.98 Å². The Bertz CT molecular complexity index is 265. The SMILES string of the molecule is CCO.Nc1nc(C(=O)CCl)cs1. The average Bonchev–Trinajstić information content (AvgIpc) is 2.52. The van der Waals surface area contributed by atoms with Crippen molar-refractivity contribution in [3.8, 4) is 0 Å². The number of nitrogens with two attached hydrogens (primary N) is 1. The maximum Gasteiger partial charge on any atom is 0.196 e. The minimum atomic E-state index is -0.186. The molecule has 1 aromatic heterocycles. The summed E-state index contributed by atoms with van der Waals surface area (Å²) >= 11 is 6.51. The van der Waals surface area contributed by atoms with Gasteiger partial charge in [-0.3, -0.25) is 4.79 Å². The summed E-state index contributed by atoms with van der Waals surface area (Å²) in [5, 5.41) is 9.56. The van der Waals surface area contributed by atoms with Gasteiger partial charge in [-0.1, -0.05) is 0 Å². The van der Waals surface area contributed by atoms with Crippen LogP contribution < -0.4 is 5.73 Å². The molecular weight excluding hydrogens is 212 g/mol. The Labute approximate surface area is 85.4 Å². The smallest absolute Gasteiger partial charge is 0.196 e. The van der Waals surface area contributed by atoms with Crippen LogP contribution in [0.1, 0.15) is 17.4 Å². The number of thiazole rings is 1. The third-order valence-electron chi connectivity index (χ3n) is 0.929. The molecule has 0 saturated carbocycles. The number of hydrogen-bond acceptors (Lipinski definition) is 5. The molecular formula is C7H11ClN2O2S. The highest BCUT2D eigenvalue weighted by Crippen LogP contribution is 2.11. The lowest BCUT2D eigenvalue weighted by atomic mass is 10.4. The van der Waals surface area contributed by atoms with Crippen LogP contribution in [0.5, 0.6) is 0 Å². The first-order valence-corrected chi connectivity index (χ1v) is 4.98. The number of aliphatic hydroxyl groups is 1. The summed E-state index contributed by atoms with van der Waals surface area (Å²) in [6.45, 7) is 1.93. The van der Waals surface area contributed by atoms with E-state index in [1.807, 2.05) is 0 Å². The van der Waals surface area contributed by atoms with Gasteiger partial charge in [-0.15, -0.1) is 22.9 Å². The maximum atomic E-state index is 10.8. The molecule has 0 radical (unpaired) electrons. The van der Waals surface area contributed by atoms with Crippen LogP contribution >= 0.6 is 22.9 Å². The number of carbonyl (C=O) groups is 1. The standard InChI is InChI=1S/C5H5ClN2OS.C2H6O/c6-1-4(9)3-2-10-5(7)8-3;1-2-3/h2H,1H2,(H2,7,8);3H,2H2,1H3. The third kappa shape index (κ3) is 4.82. The second-order valence-corrected chi connectivity index (χ2v) is 3.10. The Morgan fingerprint density at radius 2 is 2.38 bits per heavy atom. The van der Waals surface area contributed by atoms with Crippen molar-refractivity contribution in [3.05, 3.63) is 11.1 Å². The molecule has 74 valence electrons. The van der Waals surface area contributed by atoms with Crippen LogP contribution in [-0.4, -0.2) is 28.4 Å². The van der Waals surface area contributed by atoms with Crippen LogP contribution in [0, 0.1) is 0 Å². The molecule has 3 N–H and O–H groups in total. The second-order valence-electron chi connectivity index (χ2n) is 1.94. The van der Waals surface area contributed by atoms with Crippen LogP contribution in [0.2, 0.25) is 0 Å². The first-order valence-electron chi connectivity index (χ1n) is 3.56. The summed E-state index contributed by atoms with van der Waals surface area (Å²) in [6, 6.07) is 0. The van der Waals surface area contributed by atoms with Crippen molar-refractivity contribution < 1.29 is 9.90 Å². The summed E-state index contributed by atoms with van der Waals surface area (Å²) < 4.78 is 0. The molecule has 0 spiro atoms. The number of aromatic nitrogens is 1. The van der Waals surface area contributed by atoms with Crippen molar-refractivity contribution in [1.82, 2.24) is 4.98 Å². The first kappa shape index (κ1) is 12.3. The fourth-order valence-corrected chi connectivity index (χ4v) is 1.19. The van der Waals surface area contributed by atoms with E-state index in [1.165, 1.54) is 11.3 Å². The summed E-state index contributed by atoms with van der Waals surface area (Å²) in [7, 11) is 0. The second kappa shape index (κ2) is 6.82. The quantitative estimate of drug-likeness (QED) is 0.581. The fraction of sp³-hybridized carbons (Fsp3) is 0.429. The van der Waals surface area contributed by atoms with E-state index in [0.29, 0.717) is 10.8 Å². The van der Waals surface area contributed by atoms with Crippen LogP contribution in [0.15, 0.2) is 5.38 Å². The van der Waals surface area contributed by atoms with Gasteiger partial charge in [0.15, 0.2) is 10.9 Å². The monoisotopic (exact) mass is 222 g/mol. The molecule has 0 bridgehead atoms. The summed E-state index contributed by atoms with van der Waals surface area (Å²) in [4.78, 5) is 14.5. The number of anilines is 1. The highest BCUT2D eigenvalue weighted by Gasteiger charge is 2.06. The van der Waals surface area contributed by atoms with Crippen molar-refractivity contribution in [2.75, 3.05) is 18.2 Å². The van der Waals surface area contributed by atoms with Gasteiger partial charge >= 0.3 is 0 Å². The Morgan fingerprint density at radius 1 is 1.85 bits per heavy atom. The van der Waals surface area contributed by atoms with Gasteiger partial charge < -0.3 is 10.8 Å². The molecule has 6 heteroatoms. The number of rotatable bonds is 2. The Hall–Kier alpha value is -0.650. The van der Waals surface area contributed by atoms with Gasteiger partial charge in [0.1, 0.15) is 5.69 Å². The maximum absolute atomic E-state index is 10.8. The van der Waals surface area contributed by atoms with Crippen molar-refractivity contribution in [2.45, 2.75) is 6.92 Å². The number of Topliss-reactive ketones (excluding diaryl/α,β-unsaturated/α-hetero) is 1. The van der Waals surface area contributed by atoms with Crippen LogP contribution in [0.3, 0.4) is 0 Å². The van der Waals surface area contributed by atoms with Crippen molar-refractivity contribution in [2.24, 2.45) is 0 Å². The Morgan fingerprint density at radius 3 is 2.69 bits per heavy atom. The molecule has 0 aliphatic rings. The predicted molar refractivity (Wildman–Crippen MR) is 54.3 cm³/mol. The summed E-state index contributed by atoms with van der Waals surface area (Å²) in [5.74, 6) is -0.224. The number of hydrogen-bond donors (Lipinski definition) is 2. The average molecular weight is 223 g/mol. The molecule has 0 unspecified atom stereocenters. The zero-order valence-corrected chi connectivity index (χ0v) is 8.73. The number of nitrogen functional groups attached to an aromatic ring is 1. The topological polar surface area (TPSA) is 76.2 Å². The minimum Gasteiger partial charge on any atom is -0.397 e. The fourth-order valence-electron chi connectivity index (χ4n) is 0.484. The molecule has 1 heterocycles. The van der Waals surface area contributed by atoms with Gasteiger partial charge in [0, 0.05) is 12.0 Å². The number of alkyl halides is 1. The first-order chi connectivity index (χ1) is 6.15. The number of aliphatic hydroxyl groups excluding tert-OH is 1. The highest BCUT2D eigenvalue weighted by molar-refractivity contribution is 7.13. The van der Waals surface area contributed by atoms with E-state index in [9.17, 15) is 4.79 Å². The van der Waals surface area contributed by atoms with Crippen molar-refractivity contribution in [1.29, 1.82) is 0 Å². The lowest BCUT2D eigenvalue weighted by molar-refractivity contribution is 0.101. The van der Waals surface area contributed by atoms with Crippen LogP contribution in [-0.2, 0) is 0 Å². The van der Waals surface area contributed by atoms with E-state index in [4.69, 9.17) is 22.4 Å². The number of carbonyl (C=O) groups excluding carboxylic acids is 1.